The van der Waals surface area contributed by atoms with Crippen LogP contribution in [0.25, 0.3) is 0 Å². The number of hydrogen-bond acceptors (Lipinski definition) is 2. The molecule has 0 spiro atoms. The molecule has 0 saturated heterocycles. The maximum Gasteiger partial charge on any atom is 0.129 e. The van der Waals surface area contributed by atoms with Crippen LogP contribution < -0.4 is 0 Å². The van der Waals surface area contributed by atoms with Crippen molar-refractivity contribution in [3.8, 4) is 6.07 Å². The Balaban J connectivity index is 2.25. The molecule has 2 rings (SSSR count). The highest BCUT2D eigenvalue weighted by atomic mass is 35.5. The van der Waals surface area contributed by atoms with Crippen molar-refractivity contribution < 1.29 is 0 Å². The highest BCUT2D eigenvalue weighted by molar-refractivity contribution is 6.29. The van der Waals surface area contributed by atoms with Gasteiger partial charge in [0.25, 0.3) is 0 Å². The fourth-order valence-electron chi connectivity index (χ4n) is 1.50. The van der Waals surface area contributed by atoms with Crippen molar-refractivity contribution in [1.82, 2.24) is 9.55 Å². The molecule has 0 fully saturated rings. The number of aryl methyl sites for hydroxylation is 1. The molecule has 0 amide bonds. The molecule has 0 saturated carbocycles. The average Bonchev–Trinajstić information content (AvgIpc) is 2.62. The summed E-state index contributed by atoms with van der Waals surface area (Å²) in [5, 5.41) is 9.31. The van der Waals surface area contributed by atoms with Crippen LogP contribution >= 0.6 is 11.6 Å². The van der Waals surface area contributed by atoms with Crippen LogP contribution in [0.4, 0.5) is 0 Å². The smallest absolute Gasteiger partial charge is 0.129 e. The molecule has 4 heteroatoms. The zero-order valence-corrected chi connectivity index (χ0v) is 9.57. The summed E-state index contributed by atoms with van der Waals surface area (Å²) in [4.78, 5) is 4.12. The number of hydrogen-bond donors (Lipinski definition) is 0. The van der Waals surface area contributed by atoms with Crippen LogP contribution in [-0.4, -0.2) is 9.55 Å². The summed E-state index contributed by atoms with van der Waals surface area (Å²) in [5.74, 6) is 0.884. The topological polar surface area (TPSA) is 41.6 Å². The maximum absolute atomic E-state index is 8.69. The lowest BCUT2D eigenvalue weighted by atomic mass is 10.1. The molecular formula is C12H10ClN3. The molecule has 0 N–H and O–H groups in total. The first-order chi connectivity index (χ1) is 7.70. The first-order valence-corrected chi connectivity index (χ1v) is 5.25. The van der Waals surface area contributed by atoms with Gasteiger partial charge in [0.05, 0.1) is 24.4 Å². The third-order valence-electron chi connectivity index (χ3n) is 2.43. The summed E-state index contributed by atoms with van der Waals surface area (Å²) in [5.41, 5.74) is 1.76. The van der Waals surface area contributed by atoms with E-state index < -0.39 is 0 Å². The number of rotatable bonds is 2. The van der Waals surface area contributed by atoms with Gasteiger partial charge in [0.1, 0.15) is 11.0 Å². The number of aromatic nitrogens is 2. The van der Waals surface area contributed by atoms with Crippen LogP contribution in [0.15, 0.2) is 30.5 Å². The van der Waals surface area contributed by atoms with Gasteiger partial charge in [-0.25, -0.2) is 4.98 Å². The Bertz CT molecular complexity index is 515. The highest BCUT2D eigenvalue weighted by Gasteiger charge is 2.04. The van der Waals surface area contributed by atoms with E-state index >= 15 is 0 Å². The monoisotopic (exact) mass is 231 g/mol. The normalized spacial score (nSPS) is 10.1. The average molecular weight is 232 g/mol. The molecule has 16 heavy (non-hydrogen) atoms. The van der Waals surface area contributed by atoms with E-state index in [4.69, 9.17) is 16.9 Å². The number of halogens is 1. The summed E-state index contributed by atoms with van der Waals surface area (Å²) < 4.78 is 1.92. The lowest BCUT2D eigenvalue weighted by molar-refractivity contribution is 0.762. The minimum absolute atomic E-state index is 0.627. The highest BCUT2D eigenvalue weighted by Crippen LogP contribution is 2.14. The summed E-state index contributed by atoms with van der Waals surface area (Å²) in [7, 11) is 0. The third-order valence-corrected chi connectivity index (χ3v) is 2.73. The first-order valence-electron chi connectivity index (χ1n) is 4.87. The molecule has 3 nitrogen and oxygen atoms in total. The van der Waals surface area contributed by atoms with Gasteiger partial charge in [0, 0.05) is 0 Å². The second-order valence-electron chi connectivity index (χ2n) is 3.52. The number of nitrogens with zero attached hydrogens (tertiary/aromatic N) is 3. The summed E-state index contributed by atoms with van der Waals surface area (Å²) in [6.45, 7) is 2.59. The van der Waals surface area contributed by atoms with Gasteiger partial charge < -0.3 is 4.57 Å². The molecule has 0 unspecified atom stereocenters. The Hall–Kier alpha value is -1.79. The largest absolute Gasteiger partial charge is 0.315 e. The standard InChI is InChI=1S/C12H10ClN3/c1-9-15-7-12(13)16(9)8-11-4-2-10(6-14)3-5-11/h2-5,7H,8H2,1H3. The zero-order chi connectivity index (χ0) is 11.5. The fourth-order valence-corrected chi connectivity index (χ4v) is 1.73. The molecule has 0 bridgehead atoms. The molecule has 0 aliphatic carbocycles. The number of imidazole rings is 1. The van der Waals surface area contributed by atoms with Gasteiger partial charge in [-0.1, -0.05) is 23.7 Å². The third kappa shape index (κ3) is 2.07. The Kier molecular flexibility index (Phi) is 2.93. The van der Waals surface area contributed by atoms with Crippen molar-refractivity contribution in [2.75, 3.05) is 0 Å². The van der Waals surface area contributed by atoms with Gasteiger partial charge in [0.15, 0.2) is 0 Å². The van der Waals surface area contributed by atoms with Gasteiger partial charge in [-0.15, -0.1) is 0 Å². The van der Waals surface area contributed by atoms with E-state index in [2.05, 4.69) is 11.1 Å². The van der Waals surface area contributed by atoms with Crippen LogP contribution in [0.1, 0.15) is 17.0 Å². The van der Waals surface area contributed by atoms with Gasteiger partial charge >= 0.3 is 0 Å². The van der Waals surface area contributed by atoms with Crippen molar-refractivity contribution in [2.45, 2.75) is 13.5 Å². The van der Waals surface area contributed by atoms with Crippen LogP contribution in [0, 0.1) is 18.3 Å². The van der Waals surface area contributed by atoms with Gasteiger partial charge in [0.2, 0.25) is 0 Å². The maximum atomic E-state index is 8.69. The van der Waals surface area contributed by atoms with Crippen LogP contribution in [0.3, 0.4) is 0 Å². The van der Waals surface area contributed by atoms with Crippen molar-refractivity contribution >= 4 is 11.6 Å². The summed E-state index contributed by atoms with van der Waals surface area (Å²) in [6.07, 6.45) is 1.64. The zero-order valence-electron chi connectivity index (χ0n) is 8.81. The molecule has 0 radical (unpaired) electrons. The van der Waals surface area contributed by atoms with Crippen molar-refractivity contribution in [2.24, 2.45) is 0 Å². The lowest BCUT2D eigenvalue weighted by Crippen LogP contribution is -2.02. The van der Waals surface area contributed by atoms with Gasteiger partial charge in [-0.3, -0.25) is 0 Å². The molecule has 0 aliphatic heterocycles. The molecular weight excluding hydrogens is 222 g/mol. The molecule has 1 heterocycles. The van der Waals surface area contributed by atoms with E-state index in [1.807, 2.05) is 23.6 Å². The van der Waals surface area contributed by atoms with E-state index in [0.29, 0.717) is 17.3 Å². The molecule has 1 aromatic heterocycles. The van der Waals surface area contributed by atoms with E-state index in [1.165, 1.54) is 0 Å². The van der Waals surface area contributed by atoms with Crippen LogP contribution in [0.2, 0.25) is 5.15 Å². The predicted molar refractivity (Wildman–Crippen MR) is 62.2 cm³/mol. The van der Waals surface area contributed by atoms with Crippen molar-refractivity contribution in [3.05, 3.63) is 52.6 Å². The predicted octanol–water partition coefficient (Wildman–Crippen LogP) is 2.76. The Morgan fingerprint density at radius 3 is 2.56 bits per heavy atom. The molecule has 2 aromatic rings. The van der Waals surface area contributed by atoms with Crippen molar-refractivity contribution in [3.63, 3.8) is 0 Å². The SMILES string of the molecule is Cc1ncc(Cl)n1Cc1ccc(C#N)cc1. The second-order valence-corrected chi connectivity index (χ2v) is 3.91. The molecule has 0 aliphatic rings. The van der Waals surface area contributed by atoms with Gasteiger partial charge in [-0.2, -0.15) is 5.26 Å². The molecule has 80 valence electrons. The van der Waals surface area contributed by atoms with Crippen LogP contribution in [0.5, 0.6) is 0 Å². The summed E-state index contributed by atoms with van der Waals surface area (Å²) in [6, 6.07) is 9.54. The van der Waals surface area contributed by atoms with Crippen molar-refractivity contribution in [1.29, 1.82) is 5.26 Å². The van der Waals surface area contributed by atoms with E-state index in [9.17, 15) is 0 Å². The lowest BCUT2D eigenvalue weighted by Gasteiger charge is -2.06. The van der Waals surface area contributed by atoms with Gasteiger partial charge in [-0.05, 0) is 24.6 Å². The second kappa shape index (κ2) is 4.38. The Morgan fingerprint density at radius 2 is 2.06 bits per heavy atom. The fraction of sp³-hybridized carbons (Fsp3) is 0.167. The number of nitriles is 1. The Labute approximate surface area is 98.9 Å². The van der Waals surface area contributed by atoms with E-state index in [1.54, 1.807) is 18.3 Å². The first kappa shape index (κ1) is 10.7. The quantitative estimate of drug-likeness (QED) is 0.798. The summed E-state index contributed by atoms with van der Waals surface area (Å²) >= 11 is 6.00. The minimum Gasteiger partial charge on any atom is -0.315 e. The minimum atomic E-state index is 0.627. The van der Waals surface area contributed by atoms with Crippen LogP contribution in [-0.2, 0) is 6.54 Å². The molecule has 1 aromatic carbocycles. The number of benzene rings is 1. The molecule has 0 atom stereocenters. The van der Waals surface area contributed by atoms with E-state index in [0.717, 1.165) is 11.4 Å². The Morgan fingerprint density at radius 1 is 1.38 bits per heavy atom. The van der Waals surface area contributed by atoms with E-state index in [-0.39, 0.29) is 0 Å².